The van der Waals surface area contributed by atoms with Gasteiger partial charge in [-0.1, -0.05) is 36.2 Å². The third-order valence-electron chi connectivity index (χ3n) is 3.51. The van der Waals surface area contributed by atoms with Crippen molar-refractivity contribution < 1.29 is 14.6 Å². The van der Waals surface area contributed by atoms with Crippen molar-refractivity contribution in [3.63, 3.8) is 0 Å². The number of anilines is 1. The molecule has 0 bridgehead atoms. The van der Waals surface area contributed by atoms with Crippen molar-refractivity contribution in [1.82, 2.24) is 0 Å². The molecular formula is C19H21Cl2NO3. The molecule has 0 atom stereocenters. The molecule has 0 fully saturated rings. The number of carbonyl (C=O) groups is 1. The Morgan fingerprint density at radius 2 is 1.80 bits per heavy atom. The topological polar surface area (TPSA) is 58.6 Å². The second kappa shape index (κ2) is 8.97. The highest BCUT2D eigenvalue weighted by Crippen LogP contribution is 2.35. The van der Waals surface area contributed by atoms with Crippen LogP contribution in [0.3, 0.4) is 0 Å². The zero-order valence-corrected chi connectivity index (χ0v) is 15.7. The molecule has 0 amide bonds. The summed E-state index contributed by atoms with van der Waals surface area (Å²) in [7, 11) is 0. The number of nitrogens with one attached hydrogen (secondary N) is 1. The summed E-state index contributed by atoms with van der Waals surface area (Å²) in [5.41, 5.74) is 3.72. The van der Waals surface area contributed by atoms with E-state index in [4.69, 9.17) is 33.0 Å². The Kier molecular flexibility index (Phi) is 6.97. The van der Waals surface area contributed by atoms with Gasteiger partial charge >= 0.3 is 5.97 Å². The van der Waals surface area contributed by atoms with Crippen LogP contribution in [-0.4, -0.2) is 17.6 Å². The van der Waals surface area contributed by atoms with E-state index in [0.717, 1.165) is 29.8 Å². The monoisotopic (exact) mass is 381 g/mol. The van der Waals surface area contributed by atoms with E-state index in [2.05, 4.69) is 18.3 Å². The minimum atomic E-state index is -0.937. The van der Waals surface area contributed by atoms with Gasteiger partial charge in [-0.15, -0.1) is 0 Å². The first-order chi connectivity index (χ1) is 11.9. The molecule has 2 N–H and O–H groups in total. The Labute approximate surface area is 157 Å². The van der Waals surface area contributed by atoms with Crippen LogP contribution in [0.1, 0.15) is 30.0 Å². The van der Waals surface area contributed by atoms with Crippen LogP contribution < -0.4 is 10.1 Å². The molecule has 0 saturated heterocycles. The van der Waals surface area contributed by atoms with Crippen LogP contribution >= 0.6 is 23.2 Å². The molecule has 0 aliphatic carbocycles. The summed E-state index contributed by atoms with van der Waals surface area (Å²) in [6.07, 6.45) is 0.914. The predicted molar refractivity (Wildman–Crippen MR) is 102 cm³/mol. The summed E-state index contributed by atoms with van der Waals surface area (Å²) in [6, 6.07) is 9.30. The van der Waals surface area contributed by atoms with Crippen molar-refractivity contribution in [2.45, 2.75) is 33.3 Å². The third-order valence-corrected chi connectivity index (χ3v) is 4.07. The molecule has 0 aliphatic rings. The highest BCUT2D eigenvalue weighted by atomic mass is 35.5. The van der Waals surface area contributed by atoms with E-state index in [1.807, 2.05) is 19.1 Å². The van der Waals surface area contributed by atoms with E-state index in [9.17, 15) is 4.79 Å². The van der Waals surface area contributed by atoms with Gasteiger partial charge in [0.1, 0.15) is 6.61 Å². The quantitative estimate of drug-likeness (QED) is 0.648. The fourth-order valence-electron chi connectivity index (χ4n) is 2.50. The molecular weight excluding hydrogens is 361 g/mol. The van der Waals surface area contributed by atoms with E-state index in [1.165, 1.54) is 0 Å². The van der Waals surface area contributed by atoms with Gasteiger partial charge in [-0.25, -0.2) is 0 Å². The van der Waals surface area contributed by atoms with Gasteiger partial charge in [-0.3, -0.25) is 4.79 Å². The largest absolute Gasteiger partial charge is 0.486 e. The predicted octanol–water partition coefficient (Wildman–Crippen LogP) is 5.33. The second-order valence-electron chi connectivity index (χ2n) is 5.88. The lowest BCUT2D eigenvalue weighted by atomic mass is 10.1. The fraction of sp³-hybridized carbons (Fsp3) is 0.316. The molecule has 0 heterocycles. The normalized spacial score (nSPS) is 10.6. The summed E-state index contributed by atoms with van der Waals surface area (Å²) < 4.78 is 5.79. The van der Waals surface area contributed by atoms with Crippen LogP contribution in [-0.2, 0) is 17.8 Å². The van der Waals surface area contributed by atoms with Crippen molar-refractivity contribution in [3.8, 4) is 5.75 Å². The first-order valence-corrected chi connectivity index (χ1v) is 8.81. The minimum absolute atomic E-state index is 0.135. The first-order valence-electron chi connectivity index (χ1n) is 8.06. The molecule has 0 aliphatic heterocycles. The van der Waals surface area contributed by atoms with Gasteiger partial charge in [-0.2, -0.15) is 0 Å². The van der Waals surface area contributed by atoms with Crippen LogP contribution in [0.15, 0.2) is 30.3 Å². The maximum absolute atomic E-state index is 10.8. The number of carboxylic acids is 1. The summed E-state index contributed by atoms with van der Waals surface area (Å²) >= 11 is 12.4. The molecule has 134 valence electrons. The number of rotatable bonds is 8. The van der Waals surface area contributed by atoms with Gasteiger partial charge in [-0.05, 0) is 54.3 Å². The maximum Gasteiger partial charge on any atom is 0.307 e. The van der Waals surface area contributed by atoms with Gasteiger partial charge in [0.15, 0.2) is 5.75 Å². The van der Waals surface area contributed by atoms with Crippen molar-refractivity contribution >= 4 is 34.9 Å². The Morgan fingerprint density at radius 1 is 1.12 bits per heavy atom. The minimum Gasteiger partial charge on any atom is -0.486 e. The Hall–Kier alpha value is -1.91. The number of ether oxygens (including phenoxy) is 1. The van der Waals surface area contributed by atoms with E-state index in [0.29, 0.717) is 28.0 Å². The zero-order chi connectivity index (χ0) is 18.4. The van der Waals surface area contributed by atoms with Crippen LogP contribution in [0.4, 0.5) is 5.69 Å². The average molecular weight is 382 g/mol. The lowest BCUT2D eigenvalue weighted by Crippen LogP contribution is -2.03. The number of carboxylic acid groups (broad SMARTS) is 1. The smallest absolute Gasteiger partial charge is 0.307 e. The standard InChI is InChI=1S/C19H21Cl2NO3/c1-3-4-22-15-6-12(2)5-14(7-15)11-25-19-16(20)8-13(9-17(19)21)10-18(23)24/h5-9,22H,3-4,10-11H2,1-2H3,(H,23,24). The number of halogens is 2. The van der Waals surface area contributed by atoms with Crippen LogP contribution in [0, 0.1) is 6.92 Å². The molecule has 0 aromatic heterocycles. The first kappa shape index (κ1) is 19.4. The fourth-order valence-corrected chi connectivity index (χ4v) is 3.14. The van der Waals surface area contributed by atoms with Gasteiger partial charge in [0, 0.05) is 12.2 Å². The summed E-state index contributed by atoms with van der Waals surface area (Å²) in [4.78, 5) is 10.8. The number of hydrogen-bond donors (Lipinski definition) is 2. The van der Waals surface area contributed by atoms with E-state index >= 15 is 0 Å². The highest BCUT2D eigenvalue weighted by Gasteiger charge is 2.12. The number of aryl methyl sites for hydroxylation is 1. The van der Waals surface area contributed by atoms with Crippen LogP contribution in [0.25, 0.3) is 0 Å². The molecule has 0 unspecified atom stereocenters. The van der Waals surface area contributed by atoms with Crippen LogP contribution in [0.5, 0.6) is 5.75 Å². The third kappa shape index (κ3) is 5.83. The summed E-state index contributed by atoms with van der Waals surface area (Å²) in [5, 5.41) is 12.8. The zero-order valence-electron chi connectivity index (χ0n) is 14.2. The highest BCUT2D eigenvalue weighted by molar-refractivity contribution is 6.37. The number of aliphatic carboxylic acids is 1. The SMILES string of the molecule is CCCNc1cc(C)cc(COc2c(Cl)cc(CC(=O)O)cc2Cl)c1. The van der Waals surface area contributed by atoms with Crippen molar-refractivity contribution in [3.05, 3.63) is 57.1 Å². The maximum atomic E-state index is 10.8. The van der Waals surface area contributed by atoms with E-state index < -0.39 is 5.97 Å². The Bertz CT molecular complexity index is 739. The lowest BCUT2D eigenvalue weighted by molar-refractivity contribution is -0.136. The summed E-state index contributed by atoms with van der Waals surface area (Å²) in [6.45, 7) is 5.37. The molecule has 25 heavy (non-hydrogen) atoms. The number of hydrogen-bond acceptors (Lipinski definition) is 3. The van der Waals surface area contributed by atoms with Crippen molar-refractivity contribution in [2.24, 2.45) is 0 Å². The van der Waals surface area contributed by atoms with E-state index in [-0.39, 0.29) is 6.42 Å². The van der Waals surface area contributed by atoms with E-state index in [1.54, 1.807) is 12.1 Å². The van der Waals surface area contributed by atoms with Gasteiger partial charge < -0.3 is 15.2 Å². The van der Waals surface area contributed by atoms with Gasteiger partial charge in [0.05, 0.1) is 16.5 Å². The molecule has 4 nitrogen and oxygen atoms in total. The molecule has 2 rings (SSSR count). The Balaban J connectivity index is 2.13. The molecule has 0 radical (unpaired) electrons. The number of benzene rings is 2. The Morgan fingerprint density at radius 3 is 2.40 bits per heavy atom. The molecule has 6 heteroatoms. The molecule has 2 aromatic carbocycles. The summed E-state index contributed by atoms with van der Waals surface area (Å²) in [5.74, 6) is -0.574. The average Bonchev–Trinajstić information content (AvgIpc) is 2.51. The molecule has 0 saturated carbocycles. The molecule has 0 spiro atoms. The second-order valence-corrected chi connectivity index (χ2v) is 6.70. The van der Waals surface area contributed by atoms with Gasteiger partial charge in [0.2, 0.25) is 0 Å². The molecule has 2 aromatic rings. The van der Waals surface area contributed by atoms with Crippen molar-refractivity contribution in [1.29, 1.82) is 0 Å². The van der Waals surface area contributed by atoms with Gasteiger partial charge in [0.25, 0.3) is 0 Å². The lowest BCUT2D eigenvalue weighted by Gasteiger charge is -2.13. The van der Waals surface area contributed by atoms with Crippen molar-refractivity contribution in [2.75, 3.05) is 11.9 Å². The van der Waals surface area contributed by atoms with Crippen LogP contribution in [0.2, 0.25) is 10.0 Å².